The highest BCUT2D eigenvalue weighted by atomic mass is 16.5. The summed E-state index contributed by atoms with van der Waals surface area (Å²) in [5.41, 5.74) is 2.17. The normalized spacial score (nSPS) is 11.6. The average Bonchev–Trinajstić information content (AvgIpc) is 2.55. The molecule has 0 spiro atoms. The number of carbonyl (C=O) groups excluding carboxylic acids is 1. The van der Waals surface area contributed by atoms with E-state index in [0.717, 1.165) is 11.1 Å². The second kappa shape index (κ2) is 7.45. The molecule has 5 heteroatoms. The van der Waals surface area contributed by atoms with Crippen LogP contribution in [-0.2, 0) is 11.3 Å². The molecule has 0 fully saturated rings. The van der Waals surface area contributed by atoms with E-state index in [4.69, 9.17) is 9.84 Å². The Morgan fingerprint density at radius 3 is 2.26 bits per heavy atom. The molecule has 0 saturated carbocycles. The van der Waals surface area contributed by atoms with Crippen molar-refractivity contribution >= 4 is 11.9 Å². The molecule has 0 heterocycles. The van der Waals surface area contributed by atoms with Crippen LogP contribution >= 0.6 is 0 Å². The summed E-state index contributed by atoms with van der Waals surface area (Å²) in [6.07, 6.45) is -0.615. The van der Waals surface area contributed by atoms with E-state index in [1.807, 2.05) is 31.2 Å². The van der Waals surface area contributed by atoms with Crippen molar-refractivity contribution in [2.45, 2.75) is 26.5 Å². The van der Waals surface area contributed by atoms with E-state index >= 15 is 0 Å². The Bertz CT molecular complexity index is 677. The molecule has 23 heavy (non-hydrogen) atoms. The molecule has 1 amide bonds. The van der Waals surface area contributed by atoms with Crippen molar-refractivity contribution in [1.82, 2.24) is 5.32 Å². The van der Waals surface area contributed by atoms with E-state index in [9.17, 15) is 9.59 Å². The fourth-order valence-corrected chi connectivity index (χ4v) is 1.97. The Hall–Kier alpha value is -2.82. The number of hydrogen-bond acceptors (Lipinski definition) is 3. The molecule has 5 nitrogen and oxygen atoms in total. The molecule has 1 unspecified atom stereocenters. The summed E-state index contributed by atoms with van der Waals surface area (Å²) in [4.78, 5) is 22.8. The summed E-state index contributed by atoms with van der Waals surface area (Å²) in [7, 11) is 0. The van der Waals surface area contributed by atoms with E-state index in [1.165, 1.54) is 12.1 Å². The Kier molecular flexibility index (Phi) is 5.36. The van der Waals surface area contributed by atoms with Gasteiger partial charge in [0.1, 0.15) is 5.75 Å². The average molecular weight is 313 g/mol. The smallest absolute Gasteiger partial charge is 0.335 e. The van der Waals surface area contributed by atoms with Crippen molar-refractivity contribution < 1.29 is 19.4 Å². The maximum atomic E-state index is 12.0. The molecule has 2 rings (SSSR count). The van der Waals surface area contributed by atoms with Crippen LogP contribution in [0.1, 0.15) is 28.4 Å². The minimum atomic E-state index is -0.972. The molecule has 0 saturated heterocycles. The second-order valence-electron chi connectivity index (χ2n) is 5.29. The minimum absolute atomic E-state index is 0.219. The quantitative estimate of drug-likeness (QED) is 0.860. The molecule has 1 atom stereocenters. The fraction of sp³-hybridized carbons (Fsp3) is 0.222. The number of hydrogen-bond donors (Lipinski definition) is 2. The third kappa shape index (κ3) is 4.85. The van der Waals surface area contributed by atoms with Crippen molar-refractivity contribution in [3.05, 3.63) is 65.2 Å². The molecule has 0 aromatic heterocycles. The second-order valence-corrected chi connectivity index (χ2v) is 5.29. The number of carboxylic acid groups (broad SMARTS) is 1. The van der Waals surface area contributed by atoms with Gasteiger partial charge in [0.15, 0.2) is 6.10 Å². The molecule has 0 aliphatic carbocycles. The number of rotatable bonds is 6. The molecule has 0 aliphatic rings. The Labute approximate surface area is 134 Å². The predicted octanol–water partition coefficient (Wildman–Crippen LogP) is 2.78. The van der Waals surface area contributed by atoms with Gasteiger partial charge in [-0.3, -0.25) is 4.79 Å². The van der Waals surface area contributed by atoms with Crippen LogP contribution in [0.15, 0.2) is 48.5 Å². The topological polar surface area (TPSA) is 75.6 Å². The van der Waals surface area contributed by atoms with Crippen LogP contribution in [0.25, 0.3) is 0 Å². The zero-order valence-corrected chi connectivity index (χ0v) is 13.1. The lowest BCUT2D eigenvalue weighted by Gasteiger charge is -2.15. The van der Waals surface area contributed by atoms with Gasteiger partial charge in [-0.2, -0.15) is 0 Å². The predicted molar refractivity (Wildman–Crippen MR) is 86.5 cm³/mol. The highest BCUT2D eigenvalue weighted by Crippen LogP contribution is 2.13. The van der Waals surface area contributed by atoms with Gasteiger partial charge >= 0.3 is 5.97 Å². The van der Waals surface area contributed by atoms with Crippen molar-refractivity contribution in [3.63, 3.8) is 0 Å². The van der Waals surface area contributed by atoms with Crippen LogP contribution in [0.3, 0.4) is 0 Å². The van der Waals surface area contributed by atoms with E-state index < -0.39 is 12.1 Å². The standard InChI is InChI=1S/C18H19NO4/c1-12-3-9-16(10-4-12)23-13(2)17(20)19-11-14-5-7-15(8-6-14)18(21)22/h3-10,13H,11H2,1-2H3,(H,19,20)(H,21,22). The largest absolute Gasteiger partial charge is 0.481 e. The molecular weight excluding hydrogens is 294 g/mol. The van der Waals surface area contributed by atoms with Crippen molar-refractivity contribution in [2.24, 2.45) is 0 Å². The van der Waals surface area contributed by atoms with Crippen molar-refractivity contribution in [1.29, 1.82) is 0 Å². The third-order valence-corrected chi connectivity index (χ3v) is 3.37. The Morgan fingerprint density at radius 2 is 1.70 bits per heavy atom. The maximum Gasteiger partial charge on any atom is 0.335 e. The number of nitrogens with one attached hydrogen (secondary N) is 1. The van der Waals surface area contributed by atoms with Gasteiger partial charge in [-0.25, -0.2) is 4.79 Å². The number of ether oxygens (including phenoxy) is 1. The number of aromatic carboxylic acids is 1. The molecule has 2 aromatic rings. The number of benzene rings is 2. The number of aryl methyl sites for hydroxylation is 1. The van der Waals surface area contributed by atoms with Crippen LogP contribution in [0.5, 0.6) is 5.75 Å². The highest BCUT2D eigenvalue weighted by molar-refractivity contribution is 5.87. The molecule has 0 bridgehead atoms. The minimum Gasteiger partial charge on any atom is -0.481 e. The first kappa shape index (κ1) is 16.5. The van der Waals surface area contributed by atoms with Crippen LogP contribution in [0, 0.1) is 6.92 Å². The number of carbonyl (C=O) groups is 2. The Balaban J connectivity index is 1.86. The van der Waals surface area contributed by atoms with Gasteiger partial charge in [-0.05, 0) is 43.7 Å². The van der Waals surface area contributed by atoms with Gasteiger partial charge in [0.2, 0.25) is 0 Å². The summed E-state index contributed by atoms with van der Waals surface area (Å²) in [5, 5.41) is 11.6. The van der Waals surface area contributed by atoms with Gasteiger partial charge in [0.05, 0.1) is 5.56 Å². The summed E-state index contributed by atoms with van der Waals surface area (Å²) in [5.74, 6) is -0.558. The maximum absolute atomic E-state index is 12.0. The summed E-state index contributed by atoms with van der Waals surface area (Å²) in [6.45, 7) is 3.98. The van der Waals surface area contributed by atoms with E-state index in [0.29, 0.717) is 12.3 Å². The fourth-order valence-electron chi connectivity index (χ4n) is 1.97. The Morgan fingerprint density at radius 1 is 1.09 bits per heavy atom. The first-order chi connectivity index (χ1) is 11.0. The highest BCUT2D eigenvalue weighted by Gasteiger charge is 2.14. The lowest BCUT2D eigenvalue weighted by atomic mass is 10.1. The van der Waals surface area contributed by atoms with Crippen LogP contribution in [-0.4, -0.2) is 23.1 Å². The first-order valence-corrected chi connectivity index (χ1v) is 7.29. The van der Waals surface area contributed by atoms with Gasteiger partial charge in [-0.15, -0.1) is 0 Å². The number of amides is 1. The SMILES string of the molecule is Cc1ccc(OC(C)C(=O)NCc2ccc(C(=O)O)cc2)cc1. The summed E-state index contributed by atoms with van der Waals surface area (Å²) < 4.78 is 5.58. The molecule has 0 aliphatic heterocycles. The summed E-state index contributed by atoms with van der Waals surface area (Å²) >= 11 is 0. The molecule has 2 N–H and O–H groups in total. The van der Waals surface area contributed by atoms with Crippen molar-refractivity contribution in [2.75, 3.05) is 0 Å². The monoisotopic (exact) mass is 313 g/mol. The van der Waals surface area contributed by atoms with Crippen molar-refractivity contribution in [3.8, 4) is 5.75 Å². The lowest BCUT2D eigenvalue weighted by Crippen LogP contribution is -2.35. The lowest BCUT2D eigenvalue weighted by molar-refractivity contribution is -0.127. The van der Waals surface area contributed by atoms with Gasteiger partial charge in [0.25, 0.3) is 5.91 Å². The van der Waals surface area contributed by atoms with E-state index in [1.54, 1.807) is 19.1 Å². The summed E-state index contributed by atoms with van der Waals surface area (Å²) in [6, 6.07) is 13.9. The number of carboxylic acids is 1. The zero-order chi connectivity index (χ0) is 16.8. The molecule has 0 radical (unpaired) electrons. The van der Waals surface area contributed by atoms with Gasteiger partial charge < -0.3 is 15.2 Å². The van der Waals surface area contributed by atoms with Gasteiger partial charge in [-0.1, -0.05) is 29.8 Å². The third-order valence-electron chi connectivity index (χ3n) is 3.37. The van der Waals surface area contributed by atoms with Crippen LogP contribution in [0.4, 0.5) is 0 Å². The van der Waals surface area contributed by atoms with Crippen LogP contribution < -0.4 is 10.1 Å². The molecule has 2 aromatic carbocycles. The van der Waals surface area contributed by atoms with E-state index in [-0.39, 0.29) is 11.5 Å². The molecule has 120 valence electrons. The van der Waals surface area contributed by atoms with E-state index in [2.05, 4.69) is 5.32 Å². The molecular formula is C18H19NO4. The van der Waals surface area contributed by atoms with Crippen LogP contribution in [0.2, 0.25) is 0 Å². The zero-order valence-electron chi connectivity index (χ0n) is 13.1. The van der Waals surface area contributed by atoms with Gasteiger partial charge in [0, 0.05) is 6.54 Å². The first-order valence-electron chi connectivity index (χ1n) is 7.29.